The van der Waals surface area contributed by atoms with Crippen molar-refractivity contribution < 1.29 is 9.18 Å². The molecule has 1 saturated heterocycles. The van der Waals surface area contributed by atoms with E-state index in [4.69, 9.17) is 0 Å². The van der Waals surface area contributed by atoms with Crippen LogP contribution < -0.4 is 5.32 Å². The number of nitrogens with zero attached hydrogens (tertiary/aromatic N) is 4. The van der Waals surface area contributed by atoms with Crippen LogP contribution in [0.2, 0.25) is 0 Å². The van der Waals surface area contributed by atoms with E-state index in [1.165, 1.54) is 12.5 Å². The molecule has 2 bridgehead atoms. The predicted molar refractivity (Wildman–Crippen MR) is 131 cm³/mol. The maximum atomic E-state index is 13.9. The normalized spacial score (nSPS) is 26.8. The molecule has 3 fully saturated rings. The lowest BCUT2D eigenvalue weighted by Crippen LogP contribution is -2.70. The summed E-state index contributed by atoms with van der Waals surface area (Å²) in [6, 6.07) is 14.1. The van der Waals surface area contributed by atoms with E-state index in [0.717, 1.165) is 40.7 Å². The molecule has 4 aromatic rings. The molecule has 1 N–H and O–H groups in total. The zero-order valence-electron chi connectivity index (χ0n) is 19.7. The monoisotopic (exact) mass is 467 g/mol. The maximum Gasteiger partial charge on any atom is 0.255 e. The number of rotatable bonds is 4. The molecule has 2 saturated carbocycles. The number of aromatic nitrogens is 3. The maximum absolute atomic E-state index is 13.9. The van der Waals surface area contributed by atoms with Crippen LogP contribution >= 0.6 is 0 Å². The van der Waals surface area contributed by atoms with Crippen LogP contribution in [0, 0.1) is 18.7 Å². The molecule has 6 nitrogen and oxygen atoms in total. The quantitative estimate of drug-likeness (QED) is 0.481. The molecule has 35 heavy (non-hydrogen) atoms. The van der Waals surface area contributed by atoms with E-state index in [1.54, 1.807) is 29.9 Å². The summed E-state index contributed by atoms with van der Waals surface area (Å²) in [5.41, 5.74) is 5.35. The van der Waals surface area contributed by atoms with Crippen LogP contribution in [0.25, 0.3) is 27.9 Å². The SMILES string of the molecule is Cc1cc(-c2ncccc2-c2ccn3ncc(C(=O)N[C@@]45CC6CC4C(C5)N6C)c3c2)ccc1F. The molecule has 1 amide bonds. The molecule has 0 spiro atoms. The van der Waals surface area contributed by atoms with Crippen molar-refractivity contribution in [1.82, 2.24) is 24.8 Å². The molecule has 3 unspecified atom stereocenters. The Bertz CT molecular complexity index is 1510. The molecule has 176 valence electrons. The number of aryl methyl sites for hydroxylation is 1. The highest BCUT2D eigenvalue weighted by molar-refractivity contribution is 6.02. The van der Waals surface area contributed by atoms with E-state index in [-0.39, 0.29) is 17.3 Å². The largest absolute Gasteiger partial charge is 0.346 e. The minimum atomic E-state index is -0.234. The van der Waals surface area contributed by atoms with Gasteiger partial charge in [0.25, 0.3) is 5.91 Å². The van der Waals surface area contributed by atoms with Crippen LogP contribution in [-0.4, -0.2) is 50.1 Å². The van der Waals surface area contributed by atoms with Crippen molar-refractivity contribution in [2.75, 3.05) is 7.05 Å². The second-order valence-electron chi connectivity index (χ2n) is 10.4. The predicted octanol–water partition coefficient (Wildman–Crippen LogP) is 4.48. The van der Waals surface area contributed by atoms with E-state index in [0.29, 0.717) is 29.1 Å². The summed E-state index contributed by atoms with van der Waals surface area (Å²) in [4.78, 5) is 20.5. The summed E-state index contributed by atoms with van der Waals surface area (Å²) in [5.74, 6) is 0.282. The molecule has 3 aromatic heterocycles. The van der Waals surface area contributed by atoms with Gasteiger partial charge in [0.15, 0.2) is 0 Å². The van der Waals surface area contributed by atoms with Gasteiger partial charge in [-0.2, -0.15) is 5.10 Å². The van der Waals surface area contributed by atoms with Gasteiger partial charge in [0.1, 0.15) is 5.82 Å². The molecule has 2 aliphatic carbocycles. The average Bonchev–Trinajstić information content (AvgIpc) is 3.48. The molecule has 7 heteroatoms. The Hall–Kier alpha value is -3.58. The van der Waals surface area contributed by atoms with Gasteiger partial charge in [-0.15, -0.1) is 0 Å². The number of piperidine rings is 2. The lowest BCUT2D eigenvalue weighted by Gasteiger charge is -2.57. The highest BCUT2D eigenvalue weighted by atomic mass is 19.1. The molecule has 7 rings (SSSR count). The number of pyridine rings is 2. The van der Waals surface area contributed by atoms with E-state index < -0.39 is 0 Å². The third-order valence-corrected chi connectivity index (χ3v) is 8.65. The molecule has 1 aliphatic heterocycles. The number of benzene rings is 1. The van der Waals surface area contributed by atoms with Gasteiger partial charge in [0.2, 0.25) is 0 Å². The topological polar surface area (TPSA) is 62.5 Å². The molecule has 4 atom stereocenters. The van der Waals surface area contributed by atoms with Crippen LogP contribution in [0.1, 0.15) is 35.2 Å². The Kier molecular flexibility index (Phi) is 4.28. The van der Waals surface area contributed by atoms with Gasteiger partial charge in [0.05, 0.1) is 23.0 Å². The standard InChI is InChI=1S/C28H26FN5O/c1-16-10-18(5-6-23(16)29)26-20(4-3-8-30-26)17-7-9-34-24(11-17)21(15-31-34)27(35)32-28-13-19-12-22(28)25(14-28)33(19)2/h3-11,15,19,22,25H,12-14H2,1-2H3,(H,32,35)/t19?,22?,25?,28-/m1/s1. The summed E-state index contributed by atoms with van der Waals surface area (Å²) in [6.07, 6.45) is 8.54. The van der Waals surface area contributed by atoms with Crippen LogP contribution in [0.5, 0.6) is 0 Å². The van der Waals surface area contributed by atoms with Crippen LogP contribution in [0.3, 0.4) is 0 Å². The van der Waals surface area contributed by atoms with Crippen molar-refractivity contribution >= 4 is 11.4 Å². The van der Waals surface area contributed by atoms with E-state index in [2.05, 4.69) is 27.3 Å². The first-order valence-corrected chi connectivity index (χ1v) is 12.2. The Balaban J connectivity index is 1.24. The second-order valence-corrected chi connectivity index (χ2v) is 10.4. The summed E-state index contributed by atoms with van der Waals surface area (Å²) in [5, 5.41) is 7.85. The van der Waals surface area contributed by atoms with Crippen molar-refractivity contribution in [2.45, 2.75) is 43.8 Å². The lowest BCUT2D eigenvalue weighted by molar-refractivity contribution is -0.0228. The first kappa shape index (κ1) is 20.8. The number of carbonyl (C=O) groups excluding carboxylic acids is 1. The number of fused-ring (bicyclic) bond motifs is 2. The van der Waals surface area contributed by atoms with Gasteiger partial charge in [-0.25, -0.2) is 8.91 Å². The molecule has 0 radical (unpaired) electrons. The third kappa shape index (κ3) is 2.94. The van der Waals surface area contributed by atoms with Crippen LogP contribution in [0.4, 0.5) is 4.39 Å². The van der Waals surface area contributed by atoms with Gasteiger partial charge in [-0.05, 0) is 86.7 Å². The van der Waals surface area contributed by atoms with Crippen LogP contribution in [-0.2, 0) is 0 Å². The third-order valence-electron chi connectivity index (χ3n) is 8.65. The summed E-state index contributed by atoms with van der Waals surface area (Å²) < 4.78 is 15.6. The summed E-state index contributed by atoms with van der Waals surface area (Å²) >= 11 is 0. The summed E-state index contributed by atoms with van der Waals surface area (Å²) in [7, 11) is 2.22. The van der Waals surface area contributed by atoms with E-state index in [1.807, 2.05) is 36.5 Å². The summed E-state index contributed by atoms with van der Waals surface area (Å²) in [6.45, 7) is 1.75. The highest BCUT2D eigenvalue weighted by Gasteiger charge is 2.67. The molecular formula is C28H26FN5O. The number of nitrogens with one attached hydrogen (secondary N) is 1. The van der Waals surface area contributed by atoms with E-state index >= 15 is 0 Å². The van der Waals surface area contributed by atoms with Gasteiger partial charge >= 0.3 is 0 Å². The zero-order valence-corrected chi connectivity index (χ0v) is 19.7. The van der Waals surface area contributed by atoms with Crippen molar-refractivity contribution in [2.24, 2.45) is 5.92 Å². The fourth-order valence-corrected chi connectivity index (χ4v) is 6.77. The molecular weight excluding hydrogens is 441 g/mol. The Labute approximate surface area is 202 Å². The smallest absolute Gasteiger partial charge is 0.255 e. The molecule has 4 heterocycles. The van der Waals surface area contributed by atoms with Crippen molar-refractivity contribution in [1.29, 1.82) is 0 Å². The Morgan fingerprint density at radius 1 is 1.17 bits per heavy atom. The molecule has 3 aliphatic rings. The minimum Gasteiger partial charge on any atom is -0.346 e. The number of carbonyl (C=O) groups is 1. The molecule has 1 aromatic carbocycles. The number of hydrogen-bond donors (Lipinski definition) is 1. The Morgan fingerprint density at radius 3 is 2.83 bits per heavy atom. The van der Waals surface area contributed by atoms with E-state index in [9.17, 15) is 9.18 Å². The average molecular weight is 468 g/mol. The highest BCUT2D eigenvalue weighted by Crippen LogP contribution is 2.59. The van der Waals surface area contributed by atoms with Gasteiger partial charge in [0, 0.05) is 41.1 Å². The van der Waals surface area contributed by atoms with Crippen molar-refractivity contribution in [3.8, 4) is 22.4 Å². The van der Waals surface area contributed by atoms with Crippen molar-refractivity contribution in [3.05, 3.63) is 78.0 Å². The lowest BCUT2D eigenvalue weighted by atomic mass is 9.63. The number of halogens is 1. The first-order valence-electron chi connectivity index (χ1n) is 12.2. The van der Waals surface area contributed by atoms with Gasteiger partial charge in [-0.3, -0.25) is 14.7 Å². The number of likely N-dealkylation sites (tertiary alicyclic amines) is 1. The fraction of sp³-hybridized carbons (Fsp3) is 0.321. The second kappa shape index (κ2) is 7.21. The van der Waals surface area contributed by atoms with Gasteiger partial charge < -0.3 is 5.32 Å². The minimum absolute atomic E-state index is 0.0497. The number of hydrogen-bond acceptors (Lipinski definition) is 4. The van der Waals surface area contributed by atoms with Crippen LogP contribution in [0.15, 0.2) is 61.1 Å². The van der Waals surface area contributed by atoms with Gasteiger partial charge in [-0.1, -0.05) is 6.07 Å². The zero-order chi connectivity index (χ0) is 23.9. The number of amides is 1. The first-order chi connectivity index (χ1) is 16.9. The fourth-order valence-electron chi connectivity index (χ4n) is 6.77. The van der Waals surface area contributed by atoms with Crippen molar-refractivity contribution in [3.63, 3.8) is 0 Å². The Morgan fingerprint density at radius 2 is 2.06 bits per heavy atom.